The van der Waals surface area contributed by atoms with E-state index in [-0.39, 0.29) is 6.23 Å². The Bertz CT molecular complexity index is 1370. The van der Waals surface area contributed by atoms with Crippen LogP contribution < -0.4 is 0 Å². The van der Waals surface area contributed by atoms with Crippen molar-refractivity contribution in [2.45, 2.75) is 39.0 Å². The Hall–Kier alpha value is -3.45. The molecule has 6 rings (SSSR count). The summed E-state index contributed by atoms with van der Waals surface area (Å²) >= 11 is 0. The predicted molar refractivity (Wildman–Crippen MR) is 119 cm³/mol. The zero-order valence-electron chi connectivity index (χ0n) is 17.5. The van der Waals surface area contributed by atoms with Gasteiger partial charge in [-0.1, -0.05) is 18.2 Å². The number of aromatic nitrogens is 6. The van der Waals surface area contributed by atoms with Gasteiger partial charge in [-0.15, -0.1) is 0 Å². The third-order valence-corrected chi connectivity index (χ3v) is 5.97. The number of aryl methyl sites for hydroxylation is 1. The molecule has 0 aliphatic carbocycles. The van der Waals surface area contributed by atoms with Crippen molar-refractivity contribution in [3.63, 3.8) is 0 Å². The molecule has 7 nitrogen and oxygen atoms in total. The zero-order valence-corrected chi connectivity index (χ0v) is 17.5. The summed E-state index contributed by atoms with van der Waals surface area (Å²) in [7, 11) is 0. The van der Waals surface area contributed by atoms with Gasteiger partial charge in [-0.05, 0) is 43.9 Å². The van der Waals surface area contributed by atoms with Crippen LogP contribution in [0.3, 0.4) is 0 Å². The molecule has 7 heteroatoms. The number of imidazole rings is 2. The quantitative estimate of drug-likeness (QED) is 0.433. The molecule has 0 bridgehead atoms. The number of rotatable bonds is 4. The largest absolute Gasteiger partial charge is 0.356 e. The maximum atomic E-state index is 5.95. The van der Waals surface area contributed by atoms with Gasteiger partial charge in [0, 0.05) is 36.1 Å². The molecule has 1 atom stereocenters. The van der Waals surface area contributed by atoms with E-state index in [1.807, 2.05) is 23.3 Å². The van der Waals surface area contributed by atoms with E-state index >= 15 is 0 Å². The van der Waals surface area contributed by atoms with Crippen molar-refractivity contribution >= 4 is 16.6 Å². The van der Waals surface area contributed by atoms with Crippen molar-refractivity contribution in [2.75, 3.05) is 6.61 Å². The molecule has 156 valence electrons. The summed E-state index contributed by atoms with van der Waals surface area (Å²) in [6, 6.07) is 10.4. The van der Waals surface area contributed by atoms with Crippen LogP contribution >= 0.6 is 0 Å². The number of hydrogen-bond donors (Lipinski definition) is 0. The highest BCUT2D eigenvalue weighted by atomic mass is 16.5. The SMILES string of the molecule is Cc1ccc2nc(Cn3cnc(-c4cccc5c4cnn5C4CCCCO4)c3)cn2c1. The third kappa shape index (κ3) is 3.31. The maximum Gasteiger partial charge on any atom is 0.150 e. The Labute approximate surface area is 179 Å². The Morgan fingerprint density at radius 2 is 2.06 bits per heavy atom. The molecule has 1 aliphatic rings. The van der Waals surface area contributed by atoms with Crippen molar-refractivity contribution < 1.29 is 4.74 Å². The van der Waals surface area contributed by atoms with E-state index in [4.69, 9.17) is 9.72 Å². The third-order valence-electron chi connectivity index (χ3n) is 5.97. The van der Waals surface area contributed by atoms with Crippen molar-refractivity contribution in [2.24, 2.45) is 0 Å². The fourth-order valence-corrected chi connectivity index (χ4v) is 4.44. The lowest BCUT2D eigenvalue weighted by Crippen LogP contribution is -2.18. The lowest BCUT2D eigenvalue weighted by Gasteiger charge is -2.23. The van der Waals surface area contributed by atoms with Gasteiger partial charge in [0.05, 0.1) is 36.0 Å². The highest BCUT2D eigenvalue weighted by molar-refractivity contribution is 5.93. The van der Waals surface area contributed by atoms with Gasteiger partial charge in [-0.2, -0.15) is 5.10 Å². The smallest absolute Gasteiger partial charge is 0.150 e. The van der Waals surface area contributed by atoms with Gasteiger partial charge in [0.25, 0.3) is 0 Å². The van der Waals surface area contributed by atoms with Gasteiger partial charge >= 0.3 is 0 Å². The Morgan fingerprint density at radius 3 is 2.97 bits per heavy atom. The Morgan fingerprint density at radius 1 is 1.10 bits per heavy atom. The van der Waals surface area contributed by atoms with Crippen LogP contribution in [-0.2, 0) is 11.3 Å². The second-order valence-electron chi connectivity index (χ2n) is 8.28. The molecular formula is C24H24N6O. The lowest BCUT2D eigenvalue weighted by molar-refractivity contribution is -0.0366. The van der Waals surface area contributed by atoms with Crippen molar-refractivity contribution in [1.29, 1.82) is 0 Å². The number of fused-ring (bicyclic) bond motifs is 2. The summed E-state index contributed by atoms with van der Waals surface area (Å²) in [5, 5.41) is 5.76. The van der Waals surface area contributed by atoms with Crippen LogP contribution in [0.2, 0.25) is 0 Å². The average Bonchev–Trinajstić information content (AvgIpc) is 3.52. The van der Waals surface area contributed by atoms with Crippen molar-refractivity contribution in [3.8, 4) is 11.3 Å². The molecule has 1 aromatic carbocycles. The molecular weight excluding hydrogens is 388 g/mol. The molecule has 5 heterocycles. The average molecular weight is 412 g/mol. The summed E-state index contributed by atoms with van der Waals surface area (Å²) < 4.78 is 12.1. The standard InChI is InChI=1S/C24H24N6O/c1-17-8-9-23-27-18(14-29(23)12-17)13-28-15-21(25-16-28)19-5-4-6-22-20(19)11-26-30(22)24-7-2-3-10-31-24/h4-6,8-9,11-12,14-16,24H,2-3,7,10,13H2,1H3. The molecule has 0 N–H and O–H groups in total. The summed E-state index contributed by atoms with van der Waals surface area (Å²) in [5.41, 5.74) is 6.31. The molecule has 1 saturated heterocycles. The maximum absolute atomic E-state index is 5.95. The lowest BCUT2D eigenvalue weighted by atomic mass is 10.1. The normalized spacial score (nSPS) is 17.0. The first-order chi connectivity index (χ1) is 15.2. The monoisotopic (exact) mass is 412 g/mol. The molecule has 0 radical (unpaired) electrons. The number of nitrogens with zero attached hydrogens (tertiary/aromatic N) is 6. The van der Waals surface area contributed by atoms with E-state index in [9.17, 15) is 0 Å². The molecule has 1 aliphatic heterocycles. The minimum atomic E-state index is 0.0257. The molecule has 4 aromatic heterocycles. The highest BCUT2D eigenvalue weighted by Crippen LogP contribution is 2.31. The van der Waals surface area contributed by atoms with Gasteiger partial charge in [-0.3, -0.25) is 0 Å². The van der Waals surface area contributed by atoms with Gasteiger partial charge in [0.1, 0.15) is 5.65 Å². The second kappa shape index (κ2) is 7.35. The van der Waals surface area contributed by atoms with E-state index in [0.29, 0.717) is 6.54 Å². The van der Waals surface area contributed by atoms with Crippen LogP contribution in [-0.4, -0.2) is 35.3 Å². The van der Waals surface area contributed by atoms with Crippen LogP contribution in [0.1, 0.15) is 36.7 Å². The summed E-state index contributed by atoms with van der Waals surface area (Å²) in [6.07, 6.45) is 13.4. The number of ether oxygens (including phenoxy) is 1. The molecule has 31 heavy (non-hydrogen) atoms. The number of pyridine rings is 1. The first kappa shape index (κ1) is 18.3. The van der Waals surface area contributed by atoms with Gasteiger partial charge in [-0.25, -0.2) is 14.6 Å². The summed E-state index contributed by atoms with van der Waals surface area (Å²) in [4.78, 5) is 9.41. The predicted octanol–water partition coefficient (Wildman–Crippen LogP) is 4.60. The minimum Gasteiger partial charge on any atom is -0.356 e. The van der Waals surface area contributed by atoms with E-state index in [1.54, 1.807) is 0 Å². The van der Waals surface area contributed by atoms with Crippen molar-refractivity contribution in [1.82, 2.24) is 28.7 Å². The van der Waals surface area contributed by atoms with E-state index in [2.05, 4.69) is 68.8 Å². The van der Waals surface area contributed by atoms with Crippen LogP contribution in [0.5, 0.6) is 0 Å². The molecule has 0 saturated carbocycles. The highest BCUT2D eigenvalue weighted by Gasteiger charge is 2.20. The van der Waals surface area contributed by atoms with E-state index in [0.717, 1.165) is 52.9 Å². The van der Waals surface area contributed by atoms with E-state index in [1.165, 1.54) is 12.0 Å². The number of benzene rings is 1. The van der Waals surface area contributed by atoms with Gasteiger partial charge < -0.3 is 13.7 Å². The molecule has 0 amide bonds. The Balaban J connectivity index is 1.31. The summed E-state index contributed by atoms with van der Waals surface area (Å²) in [6.45, 7) is 3.57. The number of hydrogen-bond acceptors (Lipinski definition) is 4. The minimum absolute atomic E-state index is 0.0257. The topological polar surface area (TPSA) is 62.2 Å². The fourth-order valence-electron chi connectivity index (χ4n) is 4.44. The van der Waals surface area contributed by atoms with Gasteiger partial charge in [0.15, 0.2) is 6.23 Å². The second-order valence-corrected chi connectivity index (χ2v) is 8.28. The first-order valence-corrected chi connectivity index (χ1v) is 10.8. The van der Waals surface area contributed by atoms with Crippen LogP contribution in [0.15, 0.2) is 61.4 Å². The van der Waals surface area contributed by atoms with E-state index < -0.39 is 0 Å². The molecule has 5 aromatic rings. The fraction of sp³-hybridized carbons (Fsp3) is 0.292. The molecule has 0 spiro atoms. The summed E-state index contributed by atoms with van der Waals surface area (Å²) in [5.74, 6) is 0. The van der Waals surface area contributed by atoms with Crippen LogP contribution in [0.25, 0.3) is 27.8 Å². The van der Waals surface area contributed by atoms with Crippen LogP contribution in [0, 0.1) is 6.92 Å². The zero-order chi connectivity index (χ0) is 20.8. The first-order valence-electron chi connectivity index (χ1n) is 10.8. The van der Waals surface area contributed by atoms with Crippen LogP contribution in [0.4, 0.5) is 0 Å². The van der Waals surface area contributed by atoms with Crippen molar-refractivity contribution in [3.05, 3.63) is 72.7 Å². The molecule has 1 unspecified atom stereocenters. The van der Waals surface area contributed by atoms with Gasteiger partial charge in [0.2, 0.25) is 0 Å². The molecule has 1 fully saturated rings. The Kier molecular flexibility index (Phi) is 4.35.